The number of ether oxygens (including phenoxy) is 2. The molecule has 2 N–H and O–H groups in total. The molecule has 106 valence electrons. The summed E-state index contributed by atoms with van der Waals surface area (Å²) >= 11 is 0. The molecular formula is C13H9F4NO2. The third-order valence-electron chi connectivity index (χ3n) is 2.24. The highest BCUT2D eigenvalue weighted by Crippen LogP contribution is 2.29. The van der Waals surface area contributed by atoms with Gasteiger partial charge in [-0.1, -0.05) is 0 Å². The van der Waals surface area contributed by atoms with Gasteiger partial charge < -0.3 is 15.2 Å². The molecule has 0 aliphatic rings. The van der Waals surface area contributed by atoms with Crippen molar-refractivity contribution in [1.82, 2.24) is 0 Å². The second kappa shape index (κ2) is 5.28. The summed E-state index contributed by atoms with van der Waals surface area (Å²) in [5, 5.41) is 0. The zero-order chi connectivity index (χ0) is 14.8. The van der Waals surface area contributed by atoms with Crippen molar-refractivity contribution in [3.05, 3.63) is 48.3 Å². The van der Waals surface area contributed by atoms with Gasteiger partial charge in [0.1, 0.15) is 11.5 Å². The minimum Gasteiger partial charge on any atom is -0.454 e. The lowest BCUT2D eigenvalue weighted by molar-refractivity contribution is -0.274. The number of alkyl halides is 3. The predicted octanol–water partition coefficient (Wildman–Crippen LogP) is 4.10. The largest absolute Gasteiger partial charge is 0.573 e. The number of hydrogen-bond acceptors (Lipinski definition) is 3. The molecule has 0 aliphatic carbocycles. The molecule has 2 aromatic rings. The van der Waals surface area contributed by atoms with Gasteiger partial charge in [0.2, 0.25) is 0 Å². The second-order valence-corrected chi connectivity index (χ2v) is 3.81. The average molecular weight is 287 g/mol. The second-order valence-electron chi connectivity index (χ2n) is 3.81. The molecule has 2 rings (SSSR count). The van der Waals surface area contributed by atoms with Gasteiger partial charge in [0.25, 0.3) is 0 Å². The van der Waals surface area contributed by atoms with Gasteiger partial charge in [-0.25, -0.2) is 4.39 Å². The third kappa shape index (κ3) is 3.78. The Morgan fingerprint density at radius 1 is 0.900 bits per heavy atom. The minimum absolute atomic E-state index is 0.0799. The molecule has 0 unspecified atom stereocenters. The van der Waals surface area contributed by atoms with Crippen molar-refractivity contribution in [1.29, 1.82) is 0 Å². The molecule has 0 aromatic heterocycles. The first-order valence-electron chi connectivity index (χ1n) is 5.42. The van der Waals surface area contributed by atoms with Crippen LogP contribution in [0.15, 0.2) is 42.5 Å². The topological polar surface area (TPSA) is 44.5 Å². The number of benzene rings is 2. The molecule has 0 radical (unpaired) electrons. The molecule has 0 fully saturated rings. The molecule has 0 aliphatic heterocycles. The first kappa shape index (κ1) is 14.0. The van der Waals surface area contributed by atoms with Crippen molar-refractivity contribution in [3.63, 3.8) is 0 Å². The standard InChI is InChI=1S/C13H9F4NO2/c14-11-7-8(18)1-6-12(11)19-9-2-4-10(5-3-9)20-13(15,16)17/h1-7H,18H2. The molecule has 7 heteroatoms. The lowest BCUT2D eigenvalue weighted by Gasteiger charge is -2.10. The molecule has 0 atom stereocenters. The van der Waals surface area contributed by atoms with E-state index in [9.17, 15) is 17.6 Å². The Morgan fingerprint density at radius 3 is 2.05 bits per heavy atom. The molecule has 0 bridgehead atoms. The van der Waals surface area contributed by atoms with Gasteiger partial charge in [0, 0.05) is 11.8 Å². The Labute approximate surface area is 111 Å². The number of nitrogens with two attached hydrogens (primary N) is 1. The van der Waals surface area contributed by atoms with Crippen LogP contribution in [-0.2, 0) is 0 Å². The van der Waals surface area contributed by atoms with E-state index < -0.39 is 12.2 Å². The Kier molecular flexibility index (Phi) is 3.69. The van der Waals surface area contributed by atoms with Crippen LogP contribution in [-0.4, -0.2) is 6.36 Å². The fraction of sp³-hybridized carbons (Fsp3) is 0.0769. The number of anilines is 1. The molecule has 0 saturated carbocycles. The molecular weight excluding hydrogens is 278 g/mol. The summed E-state index contributed by atoms with van der Waals surface area (Å²) in [5.74, 6) is -0.963. The number of hydrogen-bond donors (Lipinski definition) is 1. The predicted molar refractivity (Wildman–Crippen MR) is 64.0 cm³/mol. The van der Waals surface area contributed by atoms with E-state index in [-0.39, 0.29) is 22.9 Å². The summed E-state index contributed by atoms with van der Waals surface area (Å²) in [4.78, 5) is 0. The maximum Gasteiger partial charge on any atom is 0.573 e. The van der Waals surface area contributed by atoms with Gasteiger partial charge in [-0.05, 0) is 36.4 Å². The Morgan fingerprint density at radius 2 is 1.50 bits per heavy atom. The number of halogens is 4. The first-order chi connectivity index (χ1) is 9.33. The summed E-state index contributed by atoms with van der Waals surface area (Å²) in [7, 11) is 0. The highest BCUT2D eigenvalue weighted by molar-refractivity contribution is 5.44. The van der Waals surface area contributed by atoms with Gasteiger partial charge in [-0.3, -0.25) is 0 Å². The maximum atomic E-state index is 13.5. The molecule has 0 amide bonds. The van der Waals surface area contributed by atoms with Crippen LogP contribution in [0.4, 0.5) is 23.2 Å². The van der Waals surface area contributed by atoms with Crippen LogP contribution in [0.25, 0.3) is 0 Å². The van der Waals surface area contributed by atoms with Gasteiger partial charge in [0.05, 0.1) is 0 Å². The van der Waals surface area contributed by atoms with E-state index in [0.29, 0.717) is 0 Å². The monoisotopic (exact) mass is 287 g/mol. The van der Waals surface area contributed by atoms with Gasteiger partial charge in [0.15, 0.2) is 11.6 Å². The van der Waals surface area contributed by atoms with Gasteiger partial charge >= 0.3 is 6.36 Å². The van der Waals surface area contributed by atoms with Crippen molar-refractivity contribution in [2.24, 2.45) is 0 Å². The van der Waals surface area contributed by atoms with Gasteiger partial charge in [-0.2, -0.15) is 0 Å². The van der Waals surface area contributed by atoms with Crippen LogP contribution >= 0.6 is 0 Å². The summed E-state index contributed by atoms with van der Waals surface area (Å²) in [5.41, 5.74) is 5.62. The highest BCUT2D eigenvalue weighted by Gasteiger charge is 2.30. The Hall–Kier alpha value is -2.44. The van der Waals surface area contributed by atoms with E-state index in [1.807, 2.05) is 0 Å². The van der Waals surface area contributed by atoms with Crippen LogP contribution in [0.3, 0.4) is 0 Å². The lowest BCUT2D eigenvalue weighted by atomic mass is 10.3. The molecule has 0 heterocycles. The summed E-state index contributed by atoms with van der Waals surface area (Å²) in [6.07, 6.45) is -4.76. The van der Waals surface area contributed by atoms with Crippen molar-refractivity contribution in [2.75, 3.05) is 5.73 Å². The van der Waals surface area contributed by atoms with Gasteiger partial charge in [-0.15, -0.1) is 13.2 Å². The van der Waals surface area contributed by atoms with E-state index >= 15 is 0 Å². The van der Waals surface area contributed by atoms with Crippen LogP contribution < -0.4 is 15.2 Å². The zero-order valence-corrected chi connectivity index (χ0v) is 9.95. The highest BCUT2D eigenvalue weighted by atomic mass is 19.4. The van der Waals surface area contributed by atoms with Crippen LogP contribution in [0.1, 0.15) is 0 Å². The van der Waals surface area contributed by atoms with E-state index in [2.05, 4.69) is 4.74 Å². The average Bonchev–Trinajstić information content (AvgIpc) is 2.33. The van der Waals surface area contributed by atoms with E-state index in [1.165, 1.54) is 24.3 Å². The van der Waals surface area contributed by atoms with E-state index in [0.717, 1.165) is 18.2 Å². The fourth-order valence-electron chi connectivity index (χ4n) is 1.44. The van der Waals surface area contributed by atoms with E-state index in [1.54, 1.807) is 0 Å². The minimum atomic E-state index is -4.76. The maximum absolute atomic E-state index is 13.5. The lowest BCUT2D eigenvalue weighted by Crippen LogP contribution is -2.16. The van der Waals surface area contributed by atoms with E-state index in [4.69, 9.17) is 10.5 Å². The quantitative estimate of drug-likeness (QED) is 0.682. The third-order valence-corrected chi connectivity index (χ3v) is 2.24. The zero-order valence-electron chi connectivity index (χ0n) is 9.95. The van der Waals surface area contributed by atoms with Crippen LogP contribution in [0.2, 0.25) is 0 Å². The smallest absolute Gasteiger partial charge is 0.454 e. The van der Waals surface area contributed by atoms with Crippen molar-refractivity contribution < 1.29 is 27.0 Å². The Bertz CT molecular complexity index is 596. The van der Waals surface area contributed by atoms with Crippen molar-refractivity contribution in [2.45, 2.75) is 6.36 Å². The fourth-order valence-corrected chi connectivity index (χ4v) is 1.44. The molecule has 3 nitrogen and oxygen atoms in total. The molecule has 0 spiro atoms. The number of rotatable bonds is 3. The Balaban J connectivity index is 2.11. The molecule has 20 heavy (non-hydrogen) atoms. The van der Waals surface area contributed by atoms with Crippen LogP contribution in [0.5, 0.6) is 17.2 Å². The SMILES string of the molecule is Nc1ccc(Oc2ccc(OC(F)(F)F)cc2)c(F)c1. The van der Waals surface area contributed by atoms with Crippen molar-refractivity contribution >= 4 is 5.69 Å². The summed E-state index contributed by atoms with van der Waals surface area (Å²) in [6.45, 7) is 0. The summed E-state index contributed by atoms with van der Waals surface area (Å²) in [6, 6.07) is 8.45. The molecule has 0 saturated heterocycles. The molecule has 2 aromatic carbocycles. The summed E-state index contributed by atoms with van der Waals surface area (Å²) < 4.78 is 58.2. The van der Waals surface area contributed by atoms with Crippen LogP contribution in [0, 0.1) is 5.82 Å². The first-order valence-corrected chi connectivity index (χ1v) is 5.42. The number of nitrogen functional groups attached to an aromatic ring is 1. The normalized spacial score (nSPS) is 11.2. The van der Waals surface area contributed by atoms with Crippen molar-refractivity contribution in [3.8, 4) is 17.2 Å².